The van der Waals surface area contributed by atoms with Crippen LogP contribution in [-0.2, 0) is 11.2 Å². The maximum absolute atomic E-state index is 13.4. The van der Waals surface area contributed by atoms with E-state index in [1.807, 2.05) is 11.1 Å². The van der Waals surface area contributed by atoms with E-state index in [2.05, 4.69) is 29.8 Å². The second kappa shape index (κ2) is 9.73. The molecule has 0 bridgehead atoms. The summed E-state index contributed by atoms with van der Waals surface area (Å²) in [5.74, 6) is 0.829. The van der Waals surface area contributed by atoms with Crippen LogP contribution in [0.1, 0.15) is 65.0 Å². The van der Waals surface area contributed by atoms with Crippen LogP contribution < -0.4 is 9.80 Å². The molecule has 2 aromatic rings. The highest BCUT2D eigenvalue weighted by Gasteiger charge is 2.28. The van der Waals surface area contributed by atoms with E-state index in [1.165, 1.54) is 5.56 Å². The first-order valence-electron chi connectivity index (χ1n) is 11.9. The molecule has 2 amide bonds. The lowest BCUT2D eigenvalue weighted by Gasteiger charge is -2.36. The third-order valence-electron chi connectivity index (χ3n) is 6.62. The molecule has 4 rings (SSSR count). The average Bonchev–Trinajstić information content (AvgIpc) is 3.28. The summed E-state index contributed by atoms with van der Waals surface area (Å²) in [6.45, 7) is 9.18. The summed E-state index contributed by atoms with van der Waals surface area (Å²) in [6.07, 6.45) is 4.53. The number of hydrogen-bond donors (Lipinski definition) is 0. The number of Topliss-reactive ketones (excluding diaryl/α,β-unsaturated/α-hetero) is 1. The minimum absolute atomic E-state index is 0.0657. The summed E-state index contributed by atoms with van der Waals surface area (Å²) >= 11 is 0. The number of aromatic nitrogens is 1. The molecule has 0 spiro atoms. The van der Waals surface area contributed by atoms with Crippen molar-refractivity contribution in [3.63, 3.8) is 0 Å². The van der Waals surface area contributed by atoms with E-state index in [9.17, 15) is 14.4 Å². The predicted octanol–water partition coefficient (Wildman–Crippen LogP) is 3.63. The van der Waals surface area contributed by atoms with E-state index >= 15 is 0 Å². The van der Waals surface area contributed by atoms with Crippen LogP contribution >= 0.6 is 0 Å². The zero-order chi connectivity index (χ0) is 23.5. The van der Waals surface area contributed by atoms with Crippen molar-refractivity contribution in [2.75, 3.05) is 42.5 Å². The Kier molecular flexibility index (Phi) is 6.77. The number of carbonyl (C=O) groups is 3. The summed E-state index contributed by atoms with van der Waals surface area (Å²) in [6, 6.07) is 7.41. The molecule has 0 atom stereocenters. The third kappa shape index (κ3) is 4.63. The Morgan fingerprint density at radius 1 is 1.00 bits per heavy atom. The number of piperazine rings is 1. The molecule has 7 nitrogen and oxygen atoms in total. The number of carbonyl (C=O) groups excluding carboxylic acids is 3. The van der Waals surface area contributed by atoms with E-state index in [-0.39, 0.29) is 17.6 Å². The van der Waals surface area contributed by atoms with Crippen molar-refractivity contribution in [2.24, 2.45) is 0 Å². The quantitative estimate of drug-likeness (QED) is 0.631. The summed E-state index contributed by atoms with van der Waals surface area (Å²) < 4.78 is 0. The highest BCUT2D eigenvalue weighted by molar-refractivity contribution is 6.09. The fourth-order valence-corrected chi connectivity index (χ4v) is 4.67. The van der Waals surface area contributed by atoms with Gasteiger partial charge < -0.3 is 14.7 Å². The van der Waals surface area contributed by atoms with Gasteiger partial charge in [0.25, 0.3) is 5.91 Å². The number of amides is 2. The topological polar surface area (TPSA) is 73.8 Å². The van der Waals surface area contributed by atoms with Gasteiger partial charge in [0.2, 0.25) is 5.91 Å². The molecule has 1 aromatic carbocycles. The summed E-state index contributed by atoms with van der Waals surface area (Å²) in [7, 11) is 0. The van der Waals surface area contributed by atoms with E-state index in [0.717, 1.165) is 24.2 Å². The van der Waals surface area contributed by atoms with E-state index < -0.39 is 0 Å². The Bertz CT molecular complexity index is 1070. The summed E-state index contributed by atoms with van der Waals surface area (Å²) in [5.41, 5.74) is 3.91. The second-order valence-electron chi connectivity index (χ2n) is 8.77. The van der Waals surface area contributed by atoms with Gasteiger partial charge in [-0.1, -0.05) is 19.9 Å². The van der Waals surface area contributed by atoms with E-state index in [4.69, 9.17) is 0 Å². The van der Waals surface area contributed by atoms with Crippen LogP contribution in [-0.4, -0.2) is 60.2 Å². The Balaban J connectivity index is 1.51. The van der Waals surface area contributed by atoms with Gasteiger partial charge in [0.1, 0.15) is 5.82 Å². The number of rotatable bonds is 6. The van der Waals surface area contributed by atoms with Crippen LogP contribution in [0.15, 0.2) is 30.5 Å². The molecule has 2 aliphatic rings. The molecule has 2 fully saturated rings. The Morgan fingerprint density at radius 2 is 1.76 bits per heavy atom. The van der Waals surface area contributed by atoms with Crippen LogP contribution in [0.2, 0.25) is 0 Å². The normalized spacial score (nSPS) is 16.5. The van der Waals surface area contributed by atoms with Crippen molar-refractivity contribution in [1.82, 2.24) is 9.88 Å². The molecule has 0 N–H and O–H groups in total. The fraction of sp³-hybridized carbons (Fsp3) is 0.462. The van der Waals surface area contributed by atoms with Gasteiger partial charge in [-0.2, -0.15) is 0 Å². The van der Waals surface area contributed by atoms with Gasteiger partial charge in [0, 0.05) is 63.0 Å². The van der Waals surface area contributed by atoms with Crippen molar-refractivity contribution in [1.29, 1.82) is 0 Å². The molecule has 0 unspecified atom stereocenters. The Labute approximate surface area is 195 Å². The number of aryl methyl sites for hydroxylation is 2. The number of anilines is 2. The van der Waals surface area contributed by atoms with Crippen molar-refractivity contribution < 1.29 is 14.4 Å². The Morgan fingerprint density at radius 3 is 2.36 bits per heavy atom. The number of ketones is 1. The maximum atomic E-state index is 13.4. The summed E-state index contributed by atoms with van der Waals surface area (Å²) in [5, 5.41) is 0. The molecule has 1 aromatic heterocycles. The maximum Gasteiger partial charge on any atom is 0.254 e. The number of pyridine rings is 1. The van der Waals surface area contributed by atoms with Crippen molar-refractivity contribution in [2.45, 2.75) is 46.5 Å². The predicted molar refractivity (Wildman–Crippen MR) is 129 cm³/mol. The van der Waals surface area contributed by atoms with Crippen LogP contribution in [0, 0.1) is 6.92 Å². The van der Waals surface area contributed by atoms with Crippen LogP contribution in [0.5, 0.6) is 0 Å². The van der Waals surface area contributed by atoms with Crippen molar-refractivity contribution in [3.8, 4) is 0 Å². The fourth-order valence-electron chi connectivity index (χ4n) is 4.67. The minimum Gasteiger partial charge on any atom is -0.353 e. The zero-order valence-corrected chi connectivity index (χ0v) is 19.8. The lowest BCUT2D eigenvalue weighted by atomic mass is 9.99. The number of benzene rings is 1. The van der Waals surface area contributed by atoms with Crippen LogP contribution in [0.25, 0.3) is 0 Å². The molecule has 33 heavy (non-hydrogen) atoms. The molecular formula is C26H32N4O3. The van der Waals surface area contributed by atoms with E-state index in [0.29, 0.717) is 62.4 Å². The second-order valence-corrected chi connectivity index (χ2v) is 8.77. The monoisotopic (exact) mass is 448 g/mol. The van der Waals surface area contributed by atoms with Gasteiger partial charge in [-0.3, -0.25) is 14.4 Å². The lowest BCUT2D eigenvalue weighted by molar-refractivity contribution is -0.117. The van der Waals surface area contributed by atoms with Gasteiger partial charge in [0.15, 0.2) is 5.78 Å². The van der Waals surface area contributed by atoms with Crippen molar-refractivity contribution in [3.05, 3.63) is 52.7 Å². The third-order valence-corrected chi connectivity index (χ3v) is 6.62. The van der Waals surface area contributed by atoms with E-state index in [1.54, 1.807) is 30.0 Å². The van der Waals surface area contributed by atoms with Crippen LogP contribution in [0.4, 0.5) is 11.5 Å². The molecular weight excluding hydrogens is 416 g/mol. The molecule has 7 heteroatoms. The smallest absolute Gasteiger partial charge is 0.254 e. The lowest BCUT2D eigenvalue weighted by Crippen LogP contribution is -2.49. The van der Waals surface area contributed by atoms with Gasteiger partial charge in [-0.05, 0) is 49.1 Å². The summed E-state index contributed by atoms with van der Waals surface area (Å²) in [4.78, 5) is 48.6. The first-order valence-corrected chi connectivity index (χ1v) is 11.9. The van der Waals surface area contributed by atoms with Crippen molar-refractivity contribution >= 4 is 29.1 Å². The standard InChI is InChI=1S/C26H32N4O3/c1-4-19-15-18(3)25(27-17-19)28-11-13-29(14-12-28)26(33)21-9-8-20(16-22(21)23(31)5-2)30-10-6-7-24(30)32/h8-9,15-17H,4-7,10-14H2,1-3H3. The first-order chi connectivity index (χ1) is 15.9. The van der Waals surface area contributed by atoms with Gasteiger partial charge >= 0.3 is 0 Å². The van der Waals surface area contributed by atoms with Gasteiger partial charge in [0.05, 0.1) is 5.56 Å². The highest BCUT2D eigenvalue weighted by atomic mass is 16.2. The molecule has 0 saturated carbocycles. The first kappa shape index (κ1) is 23.0. The zero-order valence-electron chi connectivity index (χ0n) is 19.8. The number of nitrogens with zero attached hydrogens (tertiary/aromatic N) is 4. The molecule has 2 saturated heterocycles. The minimum atomic E-state index is -0.128. The highest BCUT2D eigenvalue weighted by Crippen LogP contribution is 2.27. The molecule has 174 valence electrons. The largest absolute Gasteiger partial charge is 0.353 e. The average molecular weight is 449 g/mol. The number of hydrogen-bond acceptors (Lipinski definition) is 5. The molecule has 0 aliphatic carbocycles. The van der Waals surface area contributed by atoms with Gasteiger partial charge in [-0.25, -0.2) is 4.98 Å². The molecule has 3 heterocycles. The molecule has 2 aliphatic heterocycles. The SMILES string of the molecule is CCC(=O)c1cc(N2CCCC2=O)ccc1C(=O)N1CCN(c2ncc(CC)cc2C)CC1. The molecule has 0 radical (unpaired) electrons. The Hall–Kier alpha value is -3.22. The van der Waals surface area contributed by atoms with Gasteiger partial charge in [-0.15, -0.1) is 0 Å². The van der Waals surface area contributed by atoms with Crippen LogP contribution in [0.3, 0.4) is 0 Å².